The predicted molar refractivity (Wildman–Crippen MR) is 95.1 cm³/mol. The monoisotopic (exact) mass is 335 g/mol. The minimum atomic E-state index is -0.833. The number of carboxylic acids is 1. The molecule has 7 N–H and O–H groups in total. The summed E-state index contributed by atoms with van der Waals surface area (Å²) in [5, 5.41) is 7.42. The van der Waals surface area contributed by atoms with Crippen LogP contribution in [0.5, 0.6) is 0 Å². The van der Waals surface area contributed by atoms with E-state index in [4.69, 9.17) is 27.1 Å². The quantitative estimate of drug-likeness (QED) is 0.569. The molecule has 0 saturated carbocycles. The van der Waals surface area contributed by atoms with Gasteiger partial charge in [0.05, 0.1) is 13.1 Å². The summed E-state index contributed by atoms with van der Waals surface area (Å²) in [5.41, 5.74) is 15.2. The van der Waals surface area contributed by atoms with Crippen molar-refractivity contribution in [2.24, 2.45) is 29.0 Å². The fourth-order valence-corrected chi connectivity index (χ4v) is 0.676. The Morgan fingerprint density at radius 1 is 0.870 bits per heavy atom. The molecule has 0 aromatic heterocycles. The topological polar surface area (TPSA) is 150 Å². The van der Waals surface area contributed by atoms with Gasteiger partial charge in [0.1, 0.15) is 11.6 Å². The maximum atomic E-state index is 10.4. The van der Waals surface area contributed by atoms with Gasteiger partial charge >= 0.3 is 0 Å². The Labute approximate surface area is 141 Å². The molecule has 0 unspecified atom stereocenters. The number of ketones is 2. The normalized spacial score (nSPS) is 8.83. The Morgan fingerprint density at radius 2 is 1.13 bits per heavy atom. The number of Topliss-reactive ketones (excluding diaryl/α,β-unsaturated/α-hetero) is 2. The zero-order chi connectivity index (χ0) is 19.4. The van der Waals surface area contributed by atoms with Crippen LogP contribution in [-0.2, 0) is 14.4 Å². The first-order valence-corrected chi connectivity index (χ1v) is 7.86. The molecule has 0 rings (SSSR count). The van der Waals surface area contributed by atoms with Crippen LogP contribution < -0.4 is 17.2 Å². The summed E-state index contributed by atoms with van der Waals surface area (Å²) in [4.78, 5) is 29.8. The van der Waals surface area contributed by atoms with Crippen molar-refractivity contribution >= 4 is 17.5 Å². The SMILES string of the molecule is CC(=O)O.CC(C)C(=O)CN.CC(C)C(=O)CN.CCCCN. The van der Waals surface area contributed by atoms with Crippen molar-refractivity contribution in [1.82, 2.24) is 0 Å². The number of rotatable bonds is 6. The zero-order valence-electron chi connectivity index (χ0n) is 15.6. The van der Waals surface area contributed by atoms with Crippen LogP contribution in [-0.4, -0.2) is 42.3 Å². The maximum absolute atomic E-state index is 10.4. The third-order valence-corrected chi connectivity index (χ3v) is 2.25. The van der Waals surface area contributed by atoms with Crippen molar-refractivity contribution in [1.29, 1.82) is 0 Å². The van der Waals surface area contributed by atoms with E-state index in [0.29, 0.717) is 0 Å². The molecule has 0 aliphatic rings. The van der Waals surface area contributed by atoms with Crippen LogP contribution >= 0.6 is 0 Å². The van der Waals surface area contributed by atoms with Gasteiger partial charge in [-0.1, -0.05) is 41.0 Å². The number of hydrogen-bond donors (Lipinski definition) is 4. The Hall–Kier alpha value is -1.31. The van der Waals surface area contributed by atoms with Crippen LogP contribution in [0.2, 0.25) is 0 Å². The van der Waals surface area contributed by atoms with Crippen LogP contribution in [0.3, 0.4) is 0 Å². The van der Waals surface area contributed by atoms with Gasteiger partial charge in [-0.3, -0.25) is 14.4 Å². The molecule has 0 heterocycles. The summed E-state index contributed by atoms with van der Waals surface area (Å²) in [5.74, 6) is -0.380. The molecular formula is C16H37N3O4. The summed E-state index contributed by atoms with van der Waals surface area (Å²) in [6, 6.07) is 0. The number of unbranched alkanes of at least 4 members (excludes halogenated alkanes) is 1. The first kappa shape index (κ1) is 29.7. The van der Waals surface area contributed by atoms with E-state index in [1.165, 1.54) is 12.8 Å². The van der Waals surface area contributed by atoms with Crippen molar-refractivity contribution in [3.8, 4) is 0 Å². The van der Waals surface area contributed by atoms with E-state index in [1.807, 2.05) is 27.7 Å². The molecule has 7 nitrogen and oxygen atoms in total. The van der Waals surface area contributed by atoms with E-state index in [-0.39, 0.29) is 36.5 Å². The number of carbonyl (C=O) groups excluding carboxylic acids is 2. The third-order valence-electron chi connectivity index (χ3n) is 2.25. The molecule has 0 aliphatic carbocycles. The highest BCUT2D eigenvalue weighted by molar-refractivity contribution is 5.82. The summed E-state index contributed by atoms with van der Waals surface area (Å²) in [6.07, 6.45) is 2.39. The Morgan fingerprint density at radius 3 is 1.13 bits per heavy atom. The Bertz CT molecular complexity index is 267. The number of hydrogen-bond acceptors (Lipinski definition) is 6. The smallest absolute Gasteiger partial charge is 0.300 e. The molecule has 0 fully saturated rings. The molecule has 140 valence electrons. The number of carbonyl (C=O) groups is 3. The fourth-order valence-electron chi connectivity index (χ4n) is 0.676. The van der Waals surface area contributed by atoms with Crippen LogP contribution in [0.4, 0.5) is 0 Å². The summed E-state index contributed by atoms with van der Waals surface area (Å²) in [6.45, 7) is 11.8. The second-order valence-electron chi connectivity index (χ2n) is 5.31. The molecule has 0 bridgehead atoms. The lowest BCUT2D eigenvalue weighted by Gasteiger charge is -1.96. The molecule has 0 aromatic rings. The molecular weight excluding hydrogens is 298 g/mol. The van der Waals surface area contributed by atoms with Crippen molar-refractivity contribution in [3.05, 3.63) is 0 Å². The highest BCUT2D eigenvalue weighted by Crippen LogP contribution is 1.90. The lowest BCUT2D eigenvalue weighted by Crippen LogP contribution is -2.18. The second kappa shape index (κ2) is 23.0. The zero-order valence-corrected chi connectivity index (χ0v) is 15.6. The molecule has 0 aromatic carbocycles. The average Bonchev–Trinajstić information content (AvgIpc) is 2.46. The van der Waals surface area contributed by atoms with Gasteiger partial charge in [-0.2, -0.15) is 0 Å². The van der Waals surface area contributed by atoms with E-state index in [1.54, 1.807) is 0 Å². The van der Waals surface area contributed by atoms with Crippen LogP contribution in [0.25, 0.3) is 0 Å². The van der Waals surface area contributed by atoms with E-state index in [0.717, 1.165) is 13.5 Å². The highest BCUT2D eigenvalue weighted by Gasteiger charge is 2.01. The lowest BCUT2D eigenvalue weighted by atomic mass is 10.1. The molecule has 7 heteroatoms. The molecule has 0 atom stereocenters. The molecule has 0 amide bonds. The Kier molecular flexibility index (Phi) is 29.6. The lowest BCUT2D eigenvalue weighted by molar-refractivity contribution is -0.134. The maximum Gasteiger partial charge on any atom is 0.300 e. The van der Waals surface area contributed by atoms with Gasteiger partial charge < -0.3 is 22.3 Å². The average molecular weight is 335 g/mol. The number of aliphatic carboxylic acids is 1. The molecule has 23 heavy (non-hydrogen) atoms. The number of carboxylic acid groups (broad SMARTS) is 1. The molecule has 0 saturated heterocycles. The van der Waals surface area contributed by atoms with E-state index < -0.39 is 5.97 Å². The number of nitrogens with two attached hydrogens (primary N) is 3. The van der Waals surface area contributed by atoms with Crippen LogP contribution in [0, 0.1) is 11.8 Å². The van der Waals surface area contributed by atoms with E-state index >= 15 is 0 Å². The van der Waals surface area contributed by atoms with Crippen molar-refractivity contribution in [3.63, 3.8) is 0 Å². The second-order valence-corrected chi connectivity index (χ2v) is 5.31. The molecule has 0 spiro atoms. The van der Waals surface area contributed by atoms with E-state index in [2.05, 4.69) is 6.92 Å². The van der Waals surface area contributed by atoms with Crippen molar-refractivity contribution in [2.45, 2.75) is 54.4 Å². The molecule has 0 aliphatic heterocycles. The van der Waals surface area contributed by atoms with E-state index in [9.17, 15) is 9.59 Å². The van der Waals surface area contributed by atoms with Gasteiger partial charge in [0.25, 0.3) is 5.97 Å². The van der Waals surface area contributed by atoms with Gasteiger partial charge in [0, 0.05) is 18.8 Å². The van der Waals surface area contributed by atoms with Gasteiger partial charge in [0.15, 0.2) is 0 Å². The summed E-state index contributed by atoms with van der Waals surface area (Å²) >= 11 is 0. The Balaban J connectivity index is -0.000000107. The molecule has 0 radical (unpaired) electrons. The van der Waals surface area contributed by atoms with Crippen LogP contribution in [0.15, 0.2) is 0 Å². The third kappa shape index (κ3) is 44.9. The van der Waals surface area contributed by atoms with Gasteiger partial charge in [-0.25, -0.2) is 0 Å². The summed E-state index contributed by atoms with van der Waals surface area (Å²) < 4.78 is 0. The van der Waals surface area contributed by atoms with Crippen LogP contribution in [0.1, 0.15) is 54.4 Å². The minimum absolute atomic E-state index is 0.102. The first-order valence-electron chi connectivity index (χ1n) is 7.86. The van der Waals surface area contributed by atoms with Crippen molar-refractivity contribution in [2.75, 3.05) is 19.6 Å². The van der Waals surface area contributed by atoms with Crippen molar-refractivity contribution < 1.29 is 19.5 Å². The highest BCUT2D eigenvalue weighted by atomic mass is 16.4. The minimum Gasteiger partial charge on any atom is -0.481 e. The van der Waals surface area contributed by atoms with Gasteiger partial charge in [-0.05, 0) is 13.0 Å². The predicted octanol–water partition coefficient (Wildman–Crippen LogP) is 1.18. The first-order chi connectivity index (χ1) is 10.5. The summed E-state index contributed by atoms with van der Waals surface area (Å²) in [7, 11) is 0. The fraction of sp³-hybridized carbons (Fsp3) is 0.812. The van der Waals surface area contributed by atoms with Gasteiger partial charge in [0.2, 0.25) is 0 Å². The van der Waals surface area contributed by atoms with Gasteiger partial charge in [-0.15, -0.1) is 0 Å². The largest absolute Gasteiger partial charge is 0.481 e. The standard InChI is InChI=1S/2C5H11NO.C4H11N.C2H4O2/c2*1-4(2)5(7)3-6;1-2-3-4-5;1-2(3)4/h2*4H,3,6H2,1-2H3;2-5H2,1H3;1H3,(H,3,4).